The molecule has 1 unspecified atom stereocenters. The van der Waals surface area contributed by atoms with Crippen LogP contribution in [0.1, 0.15) is 34.8 Å². The molecule has 12 heteroatoms. The molecule has 0 saturated heterocycles. The van der Waals surface area contributed by atoms with Crippen molar-refractivity contribution in [2.45, 2.75) is 31.2 Å². The Kier molecular flexibility index (Phi) is 5.68. The topological polar surface area (TPSA) is 72.7 Å². The number of hydrogen-bond donors (Lipinski definition) is 1. The predicted octanol–water partition coefficient (Wildman–Crippen LogP) is 4.65. The number of aromatic nitrogens is 4. The molecule has 6 nitrogen and oxygen atoms in total. The second-order valence-corrected chi connectivity index (χ2v) is 7.30. The van der Waals surface area contributed by atoms with Gasteiger partial charge in [-0.1, -0.05) is 6.07 Å². The van der Waals surface area contributed by atoms with E-state index in [0.717, 1.165) is 34.8 Å². The molecule has 33 heavy (non-hydrogen) atoms. The monoisotopic (exact) mass is 467 g/mol. The first kappa shape index (κ1) is 22.5. The maximum atomic E-state index is 13.1. The summed E-state index contributed by atoms with van der Waals surface area (Å²) in [6.45, 7) is 0. The number of halogens is 6. The van der Waals surface area contributed by atoms with E-state index in [4.69, 9.17) is 0 Å². The minimum Gasteiger partial charge on any atom is -0.346 e. The highest BCUT2D eigenvalue weighted by Gasteiger charge is 2.37. The van der Waals surface area contributed by atoms with Gasteiger partial charge in [0.25, 0.3) is 0 Å². The predicted molar refractivity (Wildman–Crippen MR) is 104 cm³/mol. The van der Waals surface area contributed by atoms with Gasteiger partial charge in [-0.3, -0.25) is 9.78 Å². The number of hydrogen-bond acceptors (Lipinski definition) is 4. The molecule has 1 amide bonds. The van der Waals surface area contributed by atoms with Crippen molar-refractivity contribution in [1.29, 1.82) is 0 Å². The van der Waals surface area contributed by atoms with Gasteiger partial charge in [0.1, 0.15) is 6.33 Å². The van der Waals surface area contributed by atoms with Gasteiger partial charge in [-0.2, -0.15) is 26.3 Å². The van der Waals surface area contributed by atoms with Gasteiger partial charge in [-0.05, 0) is 42.7 Å². The van der Waals surface area contributed by atoms with E-state index in [1.807, 2.05) is 6.07 Å². The Hall–Kier alpha value is -3.70. The fourth-order valence-electron chi connectivity index (χ4n) is 3.49. The number of nitrogens with zero attached hydrogens (tertiary/aromatic N) is 4. The number of amides is 1. The molecule has 0 aliphatic heterocycles. The van der Waals surface area contributed by atoms with Crippen LogP contribution in [0.25, 0.3) is 17.6 Å². The molecule has 0 bridgehead atoms. The van der Waals surface area contributed by atoms with E-state index in [9.17, 15) is 31.1 Å². The summed E-state index contributed by atoms with van der Waals surface area (Å²) in [6.07, 6.45) is -3.46. The van der Waals surface area contributed by atoms with Crippen LogP contribution in [0.4, 0.5) is 26.3 Å². The summed E-state index contributed by atoms with van der Waals surface area (Å²) in [5, 5.41) is 6.68. The summed E-state index contributed by atoms with van der Waals surface area (Å²) in [6, 6.07) is 4.55. The first-order chi connectivity index (χ1) is 15.5. The van der Waals surface area contributed by atoms with Crippen LogP contribution in [0.15, 0.2) is 48.9 Å². The van der Waals surface area contributed by atoms with Gasteiger partial charge < -0.3 is 5.32 Å². The molecule has 4 rings (SSSR count). The molecule has 3 aromatic rings. The number of aryl methyl sites for hydroxylation is 1. The molecule has 2 heterocycles. The summed E-state index contributed by atoms with van der Waals surface area (Å²) in [5.74, 6) is -0.806. The van der Waals surface area contributed by atoms with Crippen LogP contribution in [-0.4, -0.2) is 25.7 Å². The van der Waals surface area contributed by atoms with E-state index < -0.39 is 35.0 Å². The molecule has 172 valence electrons. The van der Waals surface area contributed by atoms with Gasteiger partial charge in [0.2, 0.25) is 5.91 Å². The summed E-state index contributed by atoms with van der Waals surface area (Å²) >= 11 is 0. The number of carbonyl (C=O) groups is 1. The Morgan fingerprint density at radius 3 is 2.42 bits per heavy atom. The summed E-state index contributed by atoms with van der Waals surface area (Å²) in [4.78, 5) is 20.3. The highest BCUT2D eigenvalue weighted by atomic mass is 19.4. The SMILES string of the molecule is O=C(/C=C\n1cnc(-c2cc(C(F)(F)F)cc(C(F)(F)F)c2)n1)NC1CCc2ncccc21. The van der Waals surface area contributed by atoms with Crippen molar-refractivity contribution in [2.24, 2.45) is 0 Å². The van der Waals surface area contributed by atoms with Crippen molar-refractivity contribution in [1.82, 2.24) is 25.1 Å². The molecular weight excluding hydrogens is 452 g/mol. The fraction of sp³-hybridized carbons (Fsp3) is 0.238. The van der Waals surface area contributed by atoms with Crippen LogP contribution in [0.5, 0.6) is 0 Å². The molecule has 0 fully saturated rings. The van der Waals surface area contributed by atoms with Crippen LogP contribution in [-0.2, 0) is 23.6 Å². The zero-order valence-electron chi connectivity index (χ0n) is 16.7. The quantitative estimate of drug-likeness (QED) is 0.448. The maximum Gasteiger partial charge on any atom is 0.416 e. The van der Waals surface area contributed by atoms with Crippen LogP contribution >= 0.6 is 0 Å². The van der Waals surface area contributed by atoms with E-state index >= 15 is 0 Å². The first-order valence-electron chi connectivity index (χ1n) is 9.64. The lowest BCUT2D eigenvalue weighted by Gasteiger charge is -2.13. The Morgan fingerprint density at radius 1 is 1.06 bits per heavy atom. The number of rotatable bonds is 4. The van der Waals surface area contributed by atoms with Crippen LogP contribution in [0, 0.1) is 0 Å². The van der Waals surface area contributed by atoms with Crippen molar-refractivity contribution in [3.05, 3.63) is 71.3 Å². The van der Waals surface area contributed by atoms with Crippen molar-refractivity contribution < 1.29 is 31.1 Å². The van der Waals surface area contributed by atoms with Gasteiger partial charge in [-0.15, -0.1) is 5.10 Å². The van der Waals surface area contributed by atoms with E-state index in [0.29, 0.717) is 18.6 Å². The third kappa shape index (κ3) is 5.04. The Labute approximate surface area is 183 Å². The van der Waals surface area contributed by atoms with Gasteiger partial charge in [-0.25, -0.2) is 9.67 Å². The van der Waals surface area contributed by atoms with Crippen LogP contribution in [0.2, 0.25) is 0 Å². The second kappa shape index (κ2) is 8.34. The molecule has 1 aliphatic carbocycles. The largest absolute Gasteiger partial charge is 0.416 e. The Morgan fingerprint density at radius 2 is 1.76 bits per heavy atom. The lowest BCUT2D eigenvalue weighted by molar-refractivity contribution is -0.143. The summed E-state index contributed by atoms with van der Waals surface area (Å²) in [5.41, 5.74) is -1.56. The van der Waals surface area contributed by atoms with Gasteiger partial charge >= 0.3 is 12.4 Å². The van der Waals surface area contributed by atoms with Gasteiger partial charge in [0.05, 0.1) is 17.2 Å². The number of carbonyl (C=O) groups excluding carboxylic acids is 1. The maximum absolute atomic E-state index is 13.1. The first-order valence-corrected chi connectivity index (χ1v) is 9.64. The van der Waals surface area contributed by atoms with Gasteiger partial charge in [0.15, 0.2) is 5.82 Å². The third-order valence-electron chi connectivity index (χ3n) is 5.02. The second-order valence-electron chi connectivity index (χ2n) is 7.30. The average molecular weight is 467 g/mol. The fourth-order valence-corrected chi connectivity index (χ4v) is 3.49. The summed E-state index contributed by atoms with van der Waals surface area (Å²) < 4.78 is 79.3. The molecule has 0 spiro atoms. The van der Waals surface area contributed by atoms with Crippen molar-refractivity contribution in [2.75, 3.05) is 0 Å². The molecule has 2 aromatic heterocycles. The van der Waals surface area contributed by atoms with E-state index in [1.54, 1.807) is 12.3 Å². The average Bonchev–Trinajstić information content (AvgIpc) is 3.38. The molecule has 1 aliphatic rings. The molecule has 0 radical (unpaired) electrons. The number of fused-ring (bicyclic) bond motifs is 1. The van der Waals surface area contributed by atoms with E-state index in [2.05, 4.69) is 20.4 Å². The lowest BCUT2D eigenvalue weighted by Crippen LogP contribution is -2.25. The number of alkyl halides is 6. The zero-order valence-corrected chi connectivity index (χ0v) is 16.7. The summed E-state index contributed by atoms with van der Waals surface area (Å²) in [7, 11) is 0. The standard InChI is InChI=1S/C21H15F6N5O/c22-20(23,24)13-8-12(9-14(10-13)21(25,26)27)19-29-11-32(31-19)7-5-18(33)30-17-4-3-16-15(17)2-1-6-28-16/h1-2,5-11,17H,3-4H2,(H,30,33)/b7-5-. The molecule has 1 N–H and O–H groups in total. The molecule has 0 saturated carbocycles. The van der Waals surface area contributed by atoms with Crippen LogP contribution < -0.4 is 5.32 Å². The zero-order chi connectivity index (χ0) is 23.8. The normalized spacial score (nSPS) is 16.2. The smallest absolute Gasteiger partial charge is 0.346 e. The van der Waals surface area contributed by atoms with Crippen molar-refractivity contribution in [3.63, 3.8) is 0 Å². The molecule has 1 aromatic carbocycles. The number of pyridine rings is 1. The van der Waals surface area contributed by atoms with Crippen molar-refractivity contribution >= 4 is 12.1 Å². The highest BCUT2D eigenvalue weighted by molar-refractivity contribution is 5.90. The number of nitrogens with one attached hydrogen (secondary N) is 1. The number of benzene rings is 1. The minimum absolute atomic E-state index is 0.0292. The van der Waals surface area contributed by atoms with Crippen LogP contribution in [0.3, 0.4) is 0 Å². The Bertz CT molecular complexity index is 1180. The minimum atomic E-state index is -4.98. The molecular formula is C21H15F6N5O. The van der Waals surface area contributed by atoms with Gasteiger partial charge in [0, 0.05) is 29.7 Å². The van der Waals surface area contributed by atoms with E-state index in [1.165, 1.54) is 6.20 Å². The third-order valence-corrected chi connectivity index (χ3v) is 5.02. The van der Waals surface area contributed by atoms with Crippen molar-refractivity contribution in [3.8, 4) is 11.4 Å². The Balaban J connectivity index is 1.51. The highest BCUT2D eigenvalue weighted by Crippen LogP contribution is 2.38. The lowest BCUT2D eigenvalue weighted by atomic mass is 10.0. The van der Waals surface area contributed by atoms with E-state index in [-0.39, 0.29) is 17.9 Å². The molecule has 1 atom stereocenters.